The number of halogens is 1. The van der Waals surface area contributed by atoms with Crippen LogP contribution in [0.5, 0.6) is 5.75 Å². The summed E-state index contributed by atoms with van der Waals surface area (Å²) < 4.78 is 34.0. The van der Waals surface area contributed by atoms with Crippen molar-refractivity contribution in [3.8, 4) is 5.75 Å². The van der Waals surface area contributed by atoms with Crippen LogP contribution in [0.15, 0.2) is 77.7 Å². The minimum Gasteiger partial charge on any atom is -0.476 e. The molecule has 1 amide bonds. The van der Waals surface area contributed by atoms with Gasteiger partial charge in [0.1, 0.15) is 5.75 Å². The Morgan fingerprint density at radius 2 is 1.72 bits per heavy atom. The first-order chi connectivity index (χ1) is 15.3. The maximum absolute atomic E-state index is 13.4. The van der Waals surface area contributed by atoms with Crippen LogP contribution in [0.25, 0.3) is 0 Å². The number of hydrogen-bond acceptors (Lipinski definition) is 4. The van der Waals surface area contributed by atoms with Gasteiger partial charge in [-0.2, -0.15) is 0 Å². The third kappa shape index (κ3) is 4.45. The molecule has 1 heterocycles. The highest BCUT2D eigenvalue weighted by Crippen LogP contribution is 2.37. The van der Waals surface area contributed by atoms with E-state index in [2.05, 4.69) is 0 Å². The van der Waals surface area contributed by atoms with Crippen LogP contribution in [0, 0.1) is 6.92 Å². The van der Waals surface area contributed by atoms with Crippen LogP contribution in [0.1, 0.15) is 11.1 Å². The predicted octanol–water partition coefficient (Wildman–Crippen LogP) is 4.26. The molecular formula is C24H23ClN2O4S. The number of carbonyl (C=O) groups excluding carboxylic acids is 1. The molecule has 1 aliphatic rings. The lowest BCUT2D eigenvalue weighted by Crippen LogP contribution is -2.50. The third-order valence-electron chi connectivity index (χ3n) is 5.33. The van der Waals surface area contributed by atoms with Crippen molar-refractivity contribution in [3.63, 3.8) is 0 Å². The summed E-state index contributed by atoms with van der Waals surface area (Å²) in [5.41, 5.74) is 2.51. The summed E-state index contributed by atoms with van der Waals surface area (Å²) in [4.78, 5) is 14.8. The smallest absolute Gasteiger partial charge is 0.265 e. The average Bonchev–Trinajstić information content (AvgIpc) is 2.79. The van der Waals surface area contributed by atoms with Crippen LogP contribution in [0.2, 0.25) is 5.02 Å². The molecule has 8 heteroatoms. The third-order valence-corrected chi connectivity index (χ3v) is 7.37. The second-order valence-electron chi connectivity index (χ2n) is 7.74. The van der Waals surface area contributed by atoms with Gasteiger partial charge < -0.3 is 9.64 Å². The van der Waals surface area contributed by atoms with E-state index in [4.69, 9.17) is 16.3 Å². The summed E-state index contributed by atoms with van der Waals surface area (Å²) in [6.45, 7) is 2.27. The number of likely N-dealkylation sites (N-methyl/N-ethyl adjacent to an activating group) is 1. The maximum atomic E-state index is 13.4. The molecule has 0 saturated carbocycles. The predicted molar refractivity (Wildman–Crippen MR) is 124 cm³/mol. The molecule has 0 unspecified atom stereocenters. The Kier molecular flexibility index (Phi) is 6.13. The normalized spacial score (nSPS) is 15.6. The molecule has 4 rings (SSSR count). The molecule has 0 spiro atoms. The first-order valence-corrected chi connectivity index (χ1v) is 11.9. The second-order valence-corrected chi connectivity index (χ2v) is 10.0. The lowest BCUT2D eigenvalue weighted by Gasteiger charge is -2.36. The molecule has 166 valence electrons. The van der Waals surface area contributed by atoms with Crippen molar-refractivity contribution in [1.82, 2.24) is 4.90 Å². The topological polar surface area (TPSA) is 66.9 Å². The van der Waals surface area contributed by atoms with E-state index in [0.29, 0.717) is 23.0 Å². The fraction of sp³-hybridized carbons (Fsp3) is 0.208. The van der Waals surface area contributed by atoms with Gasteiger partial charge >= 0.3 is 0 Å². The molecule has 0 N–H and O–H groups in total. The SMILES string of the molecule is Cc1ccc(CN(C)C(=O)[C@H]2CN(S(=O)(=O)c3ccc(Cl)cc3)c3ccccc3O2)cc1. The van der Waals surface area contributed by atoms with Crippen molar-refractivity contribution in [2.75, 3.05) is 17.9 Å². The number of hydrogen-bond donors (Lipinski definition) is 0. The number of amides is 1. The van der Waals surface area contributed by atoms with Crippen LogP contribution in [0.3, 0.4) is 0 Å². The number of anilines is 1. The van der Waals surface area contributed by atoms with Gasteiger partial charge in [-0.3, -0.25) is 9.10 Å². The number of aryl methyl sites for hydroxylation is 1. The van der Waals surface area contributed by atoms with E-state index in [1.54, 1.807) is 36.2 Å². The summed E-state index contributed by atoms with van der Waals surface area (Å²) in [5.74, 6) is 0.0507. The fourth-order valence-electron chi connectivity index (χ4n) is 3.58. The number of fused-ring (bicyclic) bond motifs is 1. The van der Waals surface area contributed by atoms with Crippen LogP contribution in [-0.4, -0.2) is 38.9 Å². The van der Waals surface area contributed by atoms with Crippen molar-refractivity contribution in [3.05, 3.63) is 88.9 Å². The number of benzene rings is 3. The number of ether oxygens (including phenoxy) is 1. The Morgan fingerprint density at radius 1 is 1.06 bits per heavy atom. The van der Waals surface area contributed by atoms with Crippen molar-refractivity contribution in [2.45, 2.75) is 24.5 Å². The number of carbonyl (C=O) groups is 1. The zero-order valence-electron chi connectivity index (χ0n) is 17.7. The summed E-state index contributed by atoms with van der Waals surface area (Å²) >= 11 is 5.92. The van der Waals surface area contributed by atoms with Gasteiger partial charge in [-0.05, 0) is 48.9 Å². The fourth-order valence-corrected chi connectivity index (χ4v) is 5.19. The standard InChI is InChI=1S/C24H23ClN2O4S/c1-17-7-9-18(10-8-17)15-26(2)24(28)23-16-27(21-5-3-4-6-22(21)31-23)32(29,30)20-13-11-19(25)12-14-20/h3-14,23H,15-16H2,1-2H3/t23-/m1/s1. The Labute approximate surface area is 193 Å². The average molecular weight is 471 g/mol. The monoisotopic (exact) mass is 470 g/mol. The van der Waals surface area contributed by atoms with Crippen molar-refractivity contribution >= 4 is 33.2 Å². The zero-order chi connectivity index (χ0) is 22.9. The quantitative estimate of drug-likeness (QED) is 0.558. The van der Waals surface area contributed by atoms with Gasteiger partial charge in [0.05, 0.1) is 17.1 Å². The Morgan fingerprint density at radius 3 is 2.41 bits per heavy atom. The van der Waals surface area contributed by atoms with E-state index in [9.17, 15) is 13.2 Å². The lowest BCUT2D eigenvalue weighted by molar-refractivity contribution is -0.137. The van der Waals surface area contributed by atoms with Gasteiger partial charge in [0.15, 0.2) is 6.10 Å². The lowest BCUT2D eigenvalue weighted by atomic mass is 10.1. The van der Waals surface area contributed by atoms with E-state index in [1.807, 2.05) is 31.2 Å². The van der Waals surface area contributed by atoms with E-state index < -0.39 is 16.1 Å². The minimum absolute atomic E-state index is 0.0952. The zero-order valence-corrected chi connectivity index (χ0v) is 19.3. The molecule has 0 fully saturated rings. The molecule has 0 radical (unpaired) electrons. The molecule has 1 atom stereocenters. The van der Waals surface area contributed by atoms with Crippen LogP contribution in [0.4, 0.5) is 5.69 Å². The highest BCUT2D eigenvalue weighted by atomic mass is 35.5. The molecule has 0 bridgehead atoms. The van der Waals surface area contributed by atoms with Gasteiger partial charge in [0.2, 0.25) is 0 Å². The number of nitrogens with zero attached hydrogens (tertiary/aromatic N) is 2. The van der Waals surface area contributed by atoms with Crippen LogP contribution < -0.4 is 9.04 Å². The molecule has 0 saturated heterocycles. The van der Waals surface area contributed by atoms with E-state index in [-0.39, 0.29) is 17.3 Å². The Hall–Kier alpha value is -3.03. The van der Waals surface area contributed by atoms with Crippen molar-refractivity contribution in [2.24, 2.45) is 0 Å². The molecule has 1 aliphatic heterocycles. The molecule has 3 aromatic carbocycles. The van der Waals surface area contributed by atoms with Crippen molar-refractivity contribution < 1.29 is 17.9 Å². The molecule has 6 nitrogen and oxygen atoms in total. The minimum atomic E-state index is -3.92. The van der Waals surface area contributed by atoms with Crippen LogP contribution >= 0.6 is 11.6 Å². The van der Waals surface area contributed by atoms with E-state index in [1.165, 1.54) is 28.6 Å². The van der Waals surface area contributed by atoms with Gasteiger partial charge in [0, 0.05) is 18.6 Å². The molecule has 0 aromatic heterocycles. The number of para-hydroxylation sites is 2. The number of rotatable bonds is 5. The second kappa shape index (κ2) is 8.84. The largest absolute Gasteiger partial charge is 0.476 e. The Bertz CT molecular complexity index is 1230. The van der Waals surface area contributed by atoms with Gasteiger partial charge in [0.25, 0.3) is 15.9 Å². The van der Waals surface area contributed by atoms with Gasteiger partial charge in [-0.25, -0.2) is 8.42 Å². The molecule has 0 aliphatic carbocycles. The molecule has 3 aromatic rings. The first-order valence-electron chi connectivity index (χ1n) is 10.1. The van der Waals surface area contributed by atoms with Gasteiger partial charge in [-0.1, -0.05) is 53.6 Å². The van der Waals surface area contributed by atoms with Crippen molar-refractivity contribution in [1.29, 1.82) is 0 Å². The maximum Gasteiger partial charge on any atom is 0.265 e. The van der Waals surface area contributed by atoms with E-state index >= 15 is 0 Å². The highest BCUT2D eigenvalue weighted by Gasteiger charge is 2.38. The molecule has 32 heavy (non-hydrogen) atoms. The summed E-state index contributed by atoms with van der Waals surface area (Å²) in [6.07, 6.45) is -0.970. The summed E-state index contributed by atoms with van der Waals surface area (Å²) in [6, 6.07) is 20.7. The summed E-state index contributed by atoms with van der Waals surface area (Å²) in [5, 5.41) is 0.442. The van der Waals surface area contributed by atoms with E-state index in [0.717, 1.165) is 11.1 Å². The summed E-state index contributed by atoms with van der Waals surface area (Å²) in [7, 11) is -2.24. The molecular weight excluding hydrogens is 448 g/mol. The first kappa shape index (κ1) is 22.2. The van der Waals surface area contributed by atoms with Crippen LogP contribution in [-0.2, 0) is 21.4 Å². The highest BCUT2D eigenvalue weighted by molar-refractivity contribution is 7.92. The van der Waals surface area contributed by atoms with Gasteiger partial charge in [-0.15, -0.1) is 0 Å². The number of sulfonamides is 1. The Balaban J connectivity index is 1.62.